The molecular formula is C13H17BrO. The van der Waals surface area contributed by atoms with Crippen molar-refractivity contribution in [1.29, 1.82) is 0 Å². The molecule has 0 heterocycles. The van der Waals surface area contributed by atoms with Crippen LogP contribution in [0.1, 0.15) is 32.1 Å². The Hall–Kier alpha value is 0.150. The standard InChI is InChI=1S/C13H17BrO/c14-11-2-1-7-8-3-6-4-9(7)13(15)10(5-6)12(8)11/h6-12H,1-5H2/t6?,7-,8?,9?,10?,11-,12+/m0/s1. The van der Waals surface area contributed by atoms with Crippen molar-refractivity contribution in [3.8, 4) is 0 Å². The van der Waals surface area contributed by atoms with Crippen LogP contribution >= 0.6 is 15.9 Å². The van der Waals surface area contributed by atoms with Gasteiger partial charge in [-0.25, -0.2) is 0 Å². The smallest absolute Gasteiger partial charge is 0.139 e. The molecule has 1 nitrogen and oxygen atoms in total. The van der Waals surface area contributed by atoms with Gasteiger partial charge in [0.15, 0.2) is 0 Å². The molecule has 0 spiro atoms. The molecule has 5 rings (SSSR count). The molecule has 0 aromatic carbocycles. The summed E-state index contributed by atoms with van der Waals surface area (Å²) in [7, 11) is 0. The van der Waals surface area contributed by atoms with Crippen LogP contribution in [-0.4, -0.2) is 10.6 Å². The number of hydrogen-bond donors (Lipinski definition) is 0. The second-order valence-electron chi connectivity index (χ2n) is 6.19. The Morgan fingerprint density at radius 2 is 1.80 bits per heavy atom. The lowest BCUT2D eigenvalue weighted by Crippen LogP contribution is -2.60. The van der Waals surface area contributed by atoms with Gasteiger partial charge in [-0.1, -0.05) is 15.9 Å². The van der Waals surface area contributed by atoms with Gasteiger partial charge in [0, 0.05) is 16.7 Å². The highest BCUT2D eigenvalue weighted by Crippen LogP contribution is 2.62. The predicted octanol–water partition coefficient (Wildman–Crippen LogP) is 3.02. The van der Waals surface area contributed by atoms with E-state index in [1.165, 1.54) is 32.1 Å². The summed E-state index contributed by atoms with van der Waals surface area (Å²) in [5, 5.41) is 0. The largest absolute Gasteiger partial charge is 0.299 e. The Balaban J connectivity index is 1.81. The number of ketones is 1. The average molecular weight is 269 g/mol. The molecule has 5 saturated carbocycles. The van der Waals surface area contributed by atoms with Crippen molar-refractivity contribution in [3.05, 3.63) is 0 Å². The molecule has 2 heteroatoms. The van der Waals surface area contributed by atoms with Crippen molar-refractivity contribution < 1.29 is 4.79 Å². The Kier molecular flexibility index (Phi) is 1.77. The fourth-order valence-electron chi connectivity index (χ4n) is 5.33. The van der Waals surface area contributed by atoms with E-state index < -0.39 is 0 Å². The first-order valence-corrected chi connectivity index (χ1v) is 7.35. The van der Waals surface area contributed by atoms with Gasteiger partial charge in [-0.2, -0.15) is 0 Å². The second kappa shape index (κ2) is 2.88. The molecule has 6 bridgehead atoms. The first-order valence-electron chi connectivity index (χ1n) is 6.43. The molecule has 0 aromatic rings. The highest BCUT2D eigenvalue weighted by molar-refractivity contribution is 9.09. The molecule has 5 aliphatic rings. The summed E-state index contributed by atoms with van der Waals surface area (Å²) in [4.78, 5) is 13.0. The van der Waals surface area contributed by atoms with Crippen molar-refractivity contribution in [2.45, 2.75) is 36.9 Å². The Bertz CT molecular complexity index is 326. The van der Waals surface area contributed by atoms with Crippen LogP contribution < -0.4 is 0 Å². The van der Waals surface area contributed by atoms with Gasteiger partial charge in [0.05, 0.1) is 0 Å². The Labute approximate surface area is 99.1 Å². The maximum Gasteiger partial charge on any atom is 0.139 e. The minimum atomic E-state index is 0.452. The number of hydrogen-bond acceptors (Lipinski definition) is 1. The zero-order valence-electron chi connectivity index (χ0n) is 8.86. The van der Waals surface area contributed by atoms with Gasteiger partial charge in [0.25, 0.3) is 0 Å². The van der Waals surface area contributed by atoms with Crippen LogP contribution in [0.25, 0.3) is 0 Å². The highest BCUT2D eigenvalue weighted by Gasteiger charge is 2.60. The molecule has 0 aromatic heterocycles. The van der Waals surface area contributed by atoms with Gasteiger partial charge in [-0.3, -0.25) is 4.79 Å². The van der Waals surface area contributed by atoms with Crippen LogP contribution in [-0.2, 0) is 4.79 Å². The van der Waals surface area contributed by atoms with E-state index in [1.807, 2.05) is 0 Å². The molecule has 82 valence electrons. The zero-order valence-corrected chi connectivity index (χ0v) is 10.4. The van der Waals surface area contributed by atoms with E-state index in [9.17, 15) is 4.79 Å². The fourth-order valence-corrected chi connectivity index (χ4v) is 6.35. The summed E-state index contributed by atoms with van der Waals surface area (Å²) in [6.07, 6.45) is 6.54. The molecule has 15 heavy (non-hydrogen) atoms. The number of carbonyl (C=O) groups is 1. The van der Waals surface area contributed by atoms with E-state index in [0.717, 1.165) is 17.8 Å². The van der Waals surface area contributed by atoms with Crippen LogP contribution in [0.5, 0.6) is 0 Å². The third kappa shape index (κ3) is 1.02. The Morgan fingerprint density at radius 1 is 1.00 bits per heavy atom. The molecule has 0 saturated heterocycles. The van der Waals surface area contributed by atoms with Gasteiger partial charge in [-0.05, 0) is 55.8 Å². The SMILES string of the molecule is O=C1C2CC3CC1[C@H]1C(C3)[C@@H]2CC[C@@H]1Br. The summed E-state index contributed by atoms with van der Waals surface area (Å²) < 4.78 is 0. The highest BCUT2D eigenvalue weighted by atomic mass is 79.9. The summed E-state index contributed by atoms with van der Waals surface area (Å²) >= 11 is 3.84. The molecule has 7 atom stereocenters. The van der Waals surface area contributed by atoms with E-state index in [1.54, 1.807) is 0 Å². The second-order valence-corrected chi connectivity index (χ2v) is 7.36. The summed E-state index contributed by atoms with van der Waals surface area (Å²) in [6, 6.07) is 0. The summed E-state index contributed by atoms with van der Waals surface area (Å²) in [6.45, 7) is 0. The van der Waals surface area contributed by atoms with E-state index >= 15 is 0 Å². The van der Waals surface area contributed by atoms with Crippen LogP contribution in [0.3, 0.4) is 0 Å². The van der Waals surface area contributed by atoms with Crippen molar-refractivity contribution in [2.24, 2.45) is 35.5 Å². The van der Waals surface area contributed by atoms with Crippen LogP contribution in [0.2, 0.25) is 0 Å². The number of alkyl halides is 1. The van der Waals surface area contributed by atoms with E-state index in [4.69, 9.17) is 0 Å². The molecule has 0 amide bonds. The number of Topliss-reactive ketones (excluding diaryl/α,β-unsaturated/α-hetero) is 1. The molecule has 0 aliphatic heterocycles. The average Bonchev–Trinajstić information content (AvgIpc) is 2.24. The van der Waals surface area contributed by atoms with Gasteiger partial charge in [-0.15, -0.1) is 0 Å². The normalized spacial score (nSPS) is 61.1. The van der Waals surface area contributed by atoms with Crippen molar-refractivity contribution >= 4 is 21.7 Å². The molecule has 5 aliphatic carbocycles. The van der Waals surface area contributed by atoms with Gasteiger partial charge in [0.1, 0.15) is 5.78 Å². The summed E-state index contributed by atoms with van der Waals surface area (Å²) in [5.41, 5.74) is 0. The zero-order chi connectivity index (χ0) is 10.2. The maximum atomic E-state index is 12.3. The maximum absolute atomic E-state index is 12.3. The predicted molar refractivity (Wildman–Crippen MR) is 61.7 cm³/mol. The lowest BCUT2D eigenvalue weighted by Gasteiger charge is -2.61. The first kappa shape index (κ1) is 9.21. The minimum Gasteiger partial charge on any atom is -0.299 e. The van der Waals surface area contributed by atoms with Gasteiger partial charge < -0.3 is 0 Å². The van der Waals surface area contributed by atoms with Crippen LogP contribution in [0.15, 0.2) is 0 Å². The van der Waals surface area contributed by atoms with Gasteiger partial charge >= 0.3 is 0 Å². The first-order chi connectivity index (χ1) is 7.25. The minimum absolute atomic E-state index is 0.452. The van der Waals surface area contributed by atoms with Crippen molar-refractivity contribution in [3.63, 3.8) is 0 Å². The lowest BCUT2D eigenvalue weighted by atomic mass is 9.44. The third-order valence-electron chi connectivity index (χ3n) is 5.73. The Morgan fingerprint density at radius 3 is 2.67 bits per heavy atom. The summed E-state index contributed by atoms with van der Waals surface area (Å²) in [5.74, 6) is 4.91. The molecular weight excluding hydrogens is 252 g/mol. The molecule has 5 fully saturated rings. The quantitative estimate of drug-likeness (QED) is 0.618. The number of carbonyl (C=O) groups excluding carboxylic acids is 1. The van der Waals surface area contributed by atoms with Crippen LogP contribution in [0, 0.1) is 35.5 Å². The topological polar surface area (TPSA) is 17.1 Å². The van der Waals surface area contributed by atoms with E-state index in [-0.39, 0.29) is 0 Å². The number of halogens is 1. The molecule has 0 N–H and O–H groups in total. The van der Waals surface area contributed by atoms with Crippen molar-refractivity contribution in [2.75, 3.05) is 0 Å². The fraction of sp³-hybridized carbons (Fsp3) is 0.923. The van der Waals surface area contributed by atoms with Crippen molar-refractivity contribution in [1.82, 2.24) is 0 Å². The van der Waals surface area contributed by atoms with Crippen LogP contribution in [0.4, 0.5) is 0 Å². The monoisotopic (exact) mass is 268 g/mol. The number of rotatable bonds is 0. The van der Waals surface area contributed by atoms with Gasteiger partial charge in [0.2, 0.25) is 0 Å². The lowest BCUT2D eigenvalue weighted by molar-refractivity contribution is -0.160. The molecule has 4 unspecified atom stereocenters. The molecule has 0 radical (unpaired) electrons. The van der Waals surface area contributed by atoms with E-state index in [2.05, 4.69) is 15.9 Å². The van der Waals surface area contributed by atoms with E-state index in [0.29, 0.717) is 28.4 Å². The third-order valence-corrected chi connectivity index (χ3v) is 6.80.